The Morgan fingerprint density at radius 2 is 1.44 bits per heavy atom. The first-order valence-electron chi connectivity index (χ1n) is 16.8. The van der Waals surface area contributed by atoms with Crippen LogP contribution in [0, 0.1) is 0 Å². The van der Waals surface area contributed by atoms with Crippen molar-refractivity contribution in [3.63, 3.8) is 0 Å². The minimum Gasteiger partial charge on any atom is -0.508 e. The fourth-order valence-electron chi connectivity index (χ4n) is 6.67. The molecule has 0 aliphatic carbocycles. The van der Waals surface area contributed by atoms with Crippen LogP contribution in [0.25, 0.3) is 0 Å². The lowest BCUT2D eigenvalue weighted by molar-refractivity contribution is -0.140. The monoisotopic (exact) mass is 719 g/mol. The van der Waals surface area contributed by atoms with Gasteiger partial charge < -0.3 is 36.6 Å². The number of rotatable bonds is 5. The van der Waals surface area contributed by atoms with Crippen LogP contribution in [0.3, 0.4) is 0 Å². The van der Waals surface area contributed by atoms with Crippen molar-refractivity contribution in [1.29, 1.82) is 0 Å². The Hall–Kier alpha value is -4.63. The molecule has 2 saturated heterocycles. The number of thiazole rings is 1. The van der Waals surface area contributed by atoms with E-state index in [4.69, 9.17) is 10.7 Å². The van der Waals surface area contributed by atoms with Crippen molar-refractivity contribution in [3.8, 4) is 5.75 Å². The van der Waals surface area contributed by atoms with Crippen molar-refractivity contribution in [2.24, 2.45) is 5.73 Å². The summed E-state index contributed by atoms with van der Waals surface area (Å²) in [5.41, 5.74) is 7.94. The number of phenols is 1. The van der Waals surface area contributed by atoms with Gasteiger partial charge in [-0.1, -0.05) is 42.5 Å². The quantitative estimate of drug-likeness (QED) is 0.261. The predicted molar refractivity (Wildman–Crippen MR) is 190 cm³/mol. The summed E-state index contributed by atoms with van der Waals surface area (Å²) in [6.07, 6.45) is 2.71. The third kappa shape index (κ3) is 8.38. The normalized spacial score (nSPS) is 25.2. The van der Waals surface area contributed by atoms with Crippen LogP contribution in [0.15, 0.2) is 60.0 Å². The van der Waals surface area contributed by atoms with E-state index in [0.717, 1.165) is 22.8 Å². The van der Waals surface area contributed by atoms with E-state index in [0.29, 0.717) is 43.7 Å². The fourth-order valence-corrected chi connectivity index (χ4v) is 8.63. The molecule has 3 aliphatic rings. The van der Waals surface area contributed by atoms with Crippen molar-refractivity contribution in [1.82, 2.24) is 25.8 Å². The lowest BCUT2D eigenvalue weighted by Gasteiger charge is -2.32. The Bertz CT molecular complexity index is 1700. The first kappa shape index (κ1) is 35.2. The van der Waals surface area contributed by atoms with E-state index in [9.17, 15) is 29.1 Å². The van der Waals surface area contributed by atoms with Crippen LogP contribution < -0.4 is 26.6 Å². The number of carbonyl (C=O) groups excluding carboxylic acids is 5. The summed E-state index contributed by atoms with van der Waals surface area (Å²) in [7, 11) is 0. The minimum absolute atomic E-state index is 0.0512. The smallest absolute Gasteiger partial charge is 0.246 e. The zero-order chi connectivity index (χ0) is 35.2. The molecule has 13 nitrogen and oxygen atoms in total. The largest absolute Gasteiger partial charge is 0.508 e. The lowest BCUT2D eigenvalue weighted by atomic mass is 10.0. The van der Waals surface area contributed by atoms with Crippen LogP contribution in [0.5, 0.6) is 5.75 Å². The first-order chi connectivity index (χ1) is 24.2. The number of hydrogen-bond acceptors (Lipinski definition) is 10. The lowest BCUT2D eigenvalue weighted by Crippen LogP contribution is -2.59. The first-order valence-corrected chi connectivity index (χ1v) is 18.8. The van der Waals surface area contributed by atoms with Crippen molar-refractivity contribution < 1.29 is 29.1 Å². The Morgan fingerprint density at radius 1 is 0.820 bits per heavy atom. The van der Waals surface area contributed by atoms with Crippen molar-refractivity contribution >= 4 is 57.8 Å². The molecule has 3 aromatic rings. The third-order valence-electron chi connectivity index (χ3n) is 9.28. The third-order valence-corrected chi connectivity index (χ3v) is 11.3. The standard InChI is InChI=1S/C35H41N7O6S2/c36-30(44)27-20-49-18-23-19-50-35(37-23)42-15-5-9-29(42)34(48)41-14-4-8-28(41)33(47)39-26(17-22-10-12-24(43)13-11-22)31(45)38-25(32(46)40-27)16-21-6-2-1-3-7-21/h1-3,6-7,10-13,19,25-29,43H,4-5,8-9,14-18,20H2,(H2,36,44)(H,38,45)(H,39,47)(H,40,46)/t25-,26-,27-,28-,29-/m0/s1. The van der Waals surface area contributed by atoms with Gasteiger partial charge >= 0.3 is 0 Å². The highest BCUT2D eigenvalue weighted by Crippen LogP contribution is 2.32. The van der Waals surface area contributed by atoms with Crippen molar-refractivity contribution in [3.05, 3.63) is 76.8 Å². The van der Waals surface area contributed by atoms with Gasteiger partial charge in [0, 0.05) is 42.8 Å². The molecule has 6 rings (SSSR count). The highest BCUT2D eigenvalue weighted by atomic mass is 32.2. The van der Waals surface area contributed by atoms with Crippen molar-refractivity contribution in [2.75, 3.05) is 23.7 Å². The molecule has 0 saturated carbocycles. The van der Waals surface area contributed by atoms with E-state index in [1.165, 1.54) is 35.2 Å². The summed E-state index contributed by atoms with van der Waals surface area (Å²) >= 11 is 2.84. The summed E-state index contributed by atoms with van der Waals surface area (Å²) in [5, 5.41) is 20.9. The van der Waals surface area contributed by atoms with Gasteiger partial charge in [0.15, 0.2) is 5.13 Å². The number of aromatic nitrogens is 1. The summed E-state index contributed by atoms with van der Waals surface area (Å²) in [6, 6.07) is 10.9. The zero-order valence-corrected chi connectivity index (χ0v) is 29.1. The van der Waals surface area contributed by atoms with Gasteiger partial charge in [0.2, 0.25) is 29.5 Å². The number of anilines is 1. The van der Waals surface area contributed by atoms with Gasteiger partial charge in [-0.25, -0.2) is 4.98 Å². The Kier molecular flexibility index (Phi) is 11.2. The number of thioether (sulfide) groups is 1. The predicted octanol–water partition coefficient (Wildman–Crippen LogP) is 1.48. The van der Waals surface area contributed by atoms with Crippen LogP contribution >= 0.6 is 23.1 Å². The summed E-state index contributed by atoms with van der Waals surface area (Å²) in [5.74, 6) is -1.83. The fraction of sp³-hybridized carbons (Fsp3) is 0.429. The highest BCUT2D eigenvalue weighted by Gasteiger charge is 2.42. The molecule has 0 radical (unpaired) electrons. The molecule has 2 aromatic carbocycles. The van der Waals surface area contributed by atoms with Crippen LogP contribution in [-0.2, 0) is 42.6 Å². The molecule has 264 valence electrons. The van der Waals surface area contributed by atoms with E-state index in [1.807, 2.05) is 40.6 Å². The Morgan fingerprint density at radius 3 is 2.14 bits per heavy atom. The number of benzene rings is 2. The number of phenolic OH excluding ortho intramolecular Hbond substituents is 1. The molecular weight excluding hydrogens is 679 g/mol. The molecule has 15 heteroatoms. The second kappa shape index (κ2) is 15.9. The van der Waals surface area contributed by atoms with Gasteiger partial charge in [0.1, 0.15) is 36.0 Å². The van der Waals surface area contributed by atoms with Crippen LogP contribution in [-0.4, -0.2) is 93.6 Å². The van der Waals surface area contributed by atoms with Crippen LogP contribution in [0.4, 0.5) is 5.13 Å². The van der Waals surface area contributed by atoms with E-state index in [-0.39, 0.29) is 30.3 Å². The molecule has 4 heterocycles. The molecule has 50 heavy (non-hydrogen) atoms. The van der Waals surface area contributed by atoms with E-state index < -0.39 is 53.8 Å². The number of aromatic hydroxyl groups is 1. The Balaban J connectivity index is 1.33. The number of nitrogens with zero attached hydrogens (tertiary/aromatic N) is 3. The number of carbonyl (C=O) groups is 5. The average Bonchev–Trinajstić information content (AvgIpc) is 3.89. The van der Waals surface area contributed by atoms with E-state index in [1.54, 1.807) is 17.0 Å². The molecule has 3 aliphatic heterocycles. The Labute approximate surface area is 298 Å². The van der Waals surface area contributed by atoms with Crippen molar-refractivity contribution in [2.45, 2.75) is 74.5 Å². The summed E-state index contributed by atoms with van der Waals surface area (Å²) in [4.78, 5) is 76.9. The number of amides is 5. The number of nitrogens with one attached hydrogen (secondary N) is 3. The van der Waals surface area contributed by atoms with Gasteiger partial charge in [-0.2, -0.15) is 11.8 Å². The van der Waals surface area contributed by atoms with Gasteiger partial charge in [-0.05, 0) is 48.9 Å². The van der Waals surface area contributed by atoms with Crippen LogP contribution in [0.2, 0.25) is 0 Å². The number of primary amides is 1. The minimum atomic E-state index is -1.12. The van der Waals surface area contributed by atoms with E-state index >= 15 is 0 Å². The highest BCUT2D eigenvalue weighted by molar-refractivity contribution is 7.98. The topological polar surface area (TPSA) is 187 Å². The number of hydrogen-bond donors (Lipinski definition) is 5. The zero-order valence-electron chi connectivity index (χ0n) is 27.5. The van der Waals surface area contributed by atoms with Gasteiger partial charge in [0.25, 0.3) is 0 Å². The van der Waals surface area contributed by atoms with E-state index in [2.05, 4.69) is 16.0 Å². The number of nitrogens with two attached hydrogens (primary N) is 1. The van der Waals surface area contributed by atoms with Gasteiger partial charge in [-0.15, -0.1) is 11.3 Å². The SMILES string of the molecule is NC(=O)[C@@H]1CSCc2csc(n2)N2CCC[C@H]2C(=O)N2CCC[C@H]2C(=O)N[C@@H](Cc2ccc(O)cc2)C(=O)N[C@@H](Cc2ccccc2)C(=O)N1. The second-order valence-corrected chi connectivity index (χ2v) is 14.7. The molecule has 1 aromatic heterocycles. The summed E-state index contributed by atoms with van der Waals surface area (Å²) in [6.45, 7) is 1.09. The maximum Gasteiger partial charge on any atom is 0.246 e. The van der Waals surface area contributed by atoms with Gasteiger partial charge in [0.05, 0.1) is 5.69 Å². The van der Waals surface area contributed by atoms with Crippen LogP contribution in [0.1, 0.15) is 42.5 Å². The molecule has 2 bridgehead atoms. The molecule has 5 atom stereocenters. The summed E-state index contributed by atoms with van der Waals surface area (Å²) < 4.78 is 0. The molecule has 6 N–H and O–H groups in total. The van der Waals surface area contributed by atoms with Gasteiger partial charge in [-0.3, -0.25) is 24.0 Å². The maximum atomic E-state index is 14.1. The molecule has 2 fully saturated rings. The molecule has 0 unspecified atom stereocenters. The maximum absolute atomic E-state index is 14.1. The molecular formula is C35H41N7O6S2. The average molecular weight is 720 g/mol. The number of fused-ring (bicyclic) bond motifs is 5. The molecule has 0 spiro atoms. The second-order valence-electron chi connectivity index (χ2n) is 12.8. The molecule has 5 amide bonds.